The van der Waals surface area contributed by atoms with Crippen molar-refractivity contribution in [3.63, 3.8) is 0 Å². The Kier molecular flexibility index (Phi) is 2.84. The molecule has 0 bridgehead atoms. The van der Waals surface area contributed by atoms with Gasteiger partial charge >= 0.3 is 0 Å². The number of hydrogen-bond donors (Lipinski definition) is 1. The van der Waals surface area contributed by atoms with Crippen LogP contribution in [0.25, 0.3) is 0 Å². The van der Waals surface area contributed by atoms with Gasteiger partial charge in [0.25, 0.3) is 0 Å². The number of anilines is 1. The van der Waals surface area contributed by atoms with E-state index in [0.717, 1.165) is 5.69 Å². The van der Waals surface area contributed by atoms with Crippen LogP contribution < -0.4 is 5.32 Å². The average Bonchev–Trinajstić information content (AvgIpc) is 2.19. The van der Waals surface area contributed by atoms with Gasteiger partial charge < -0.3 is 10.1 Å². The molecule has 0 atom stereocenters. The number of ether oxygens (including phenoxy) is 1. The Hall–Kier alpha value is -1.53. The van der Waals surface area contributed by atoms with Crippen molar-refractivity contribution in [3.8, 4) is 6.07 Å². The fraction of sp³-hybridized carbons (Fsp3) is 0.462. The summed E-state index contributed by atoms with van der Waals surface area (Å²) in [6.07, 6.45) is 0. The van der Waals surface area contributed by atoms with Crippen LogP contribution in [0.15, 0.2) is 18.2 Å². The summed E-state index contributed by atoms with van der Waals surface area (Å²) in [6.45, 7) is 5.90. The molecule has 1 heterocycles. The molecule has 84 valence electrons. The summed E-state index contributed by atoms with van der Waals surface area (Å²) in [5.41, 5.74) is 3.25. The van der Waals surface area contributed by atoms with Crippen LogP contribution in [-0.2, 0) is 4.74 Å². The van der Waals surface area contributed by atoms with E-state index in [1.165, 1.54) is 11.1 Å². The van der Waals surface area contributed by atoms with E-state index in [4.69, 9.17) is 10.00 Å². The Bertz CT molecular complexity index is 430. The van der Waals surface area contributed by atoms with E-state index >= 15 is 0 Å². The maximum atomic E-state index is 9.06. The monoisotopic (exact) mass is 216 g/mol. The molecule has 3 heteroatoms. The first kappa shape index (κ1) is 11.0. The summed E-state index contributed by atoms with van der Waals surface area (Å²) < 4.78 is 5.10. The van der Waals surface area contributed by atoms with E-state index in [9.17, 15) is 0 Å². The van der Waals surface area contributed by atoms with Gasteiger partial charge in [0.2, 0.25) is 0 Å². The molecule has 3 nitrogen and oxygen atoms in total. The smallest absolute Gasteiger partial charge is 0.121 e. The van der Waals surface area contributed by atoms with Crippen molar-refractivity contribution >= 4 is 5.69 Å². The minimum atomic E-state index is -0.322. The van der Waals surface area contributed by atoms with Gasteiger partial charge in [0.05, 0.1) is 19.3 Å². The zero-order valence-corrected chi connectivity index (χ0v) is 9.71. The number of hydrogen-bond acceptors (Lipinski definition) is 3. The van der Waals surface area contributed by atoms with E-state index in [0.29, 0.717) is 19.8 Å². The topological polar surface area (TPSA) is 45.0 Å². The van der Waals surface area contributed by atoms with Gasteiger partial charge in [0.1, 0.15) is 5.41 Å². The Labute approximate surface area is 96.0 Å². The van der Waals surface area contributed by atoms with Crippen LogP contribution in [0.4, 0.5) is 5.69 Å². The minimum Gasteiger partial charge on any atom is -0.383 e. The summed E-state index contributed by atoms with van der Waals surface area (Å²) >= 11 is 0. The Balaban J connectivity index is 2.02. The molecule has 0 radical (unpaired) electrons. The number of nitriles is 1. The quantitative estimate of drug-likeness (QED) is 0.842. The maximum Gasteiger partial charge on any atom is 0.121 e. The van der Waals surface area contributed by atoms with Crippen LogP contribution >= 0.6 is 0 Å². The van der Waals surface area contributed by atoms with Crippen LogP contribution in [0.5, 0.6) is 0 Å². The van der Waals surface area contributed by atoms with Crippen LogP contribution in [0.3, 0.4) is 0 Å². The van der Waals surface area contributed by atoms with E-state index in [1.54, 1.807) is 0 Å². The Morgan fingerprint density at radius 1 is 1.44 bits per heavy atom. The van der Waals surface area contributed by atoms with Crippen molar-refractivity contribution < 1.29 is 4.74 Å². The summed E-state index contributed by atoms with van der Waals surface area (Å²) in [5.74, 6) is 0. The fourth-order valence-electron chi connectivity index (χ4n) is 1.83. The summed E-state index contributed by atoms with van der Waals surface area (Å²) in [4.78, 5) is 0. The van der Waals surface area contributed by atoms with Gasteiger partial charge in [-0.05, 0) is 25.5 Å². The van der Waals surface area contributed by atoms with Crippen LogP contribution in [0, 0.1) is 30.6 Å². The number of aryl methyl sites for hydroxylation is 2. The van der Waals surface area contributed by atoms with E-state index in [2.05, 4.69) is 43.4 Å². The predicted molar refractivity (Wildman–Crippen MR) is 63.3 cm³/mol. The average molecular weight is 216 g/mol. The first-order valence-electron chi connectivity index (χ1n) is 5.45. The third-order valence-corrected chi connectivity index (χ3v) is 2.99. The molecule has 0 amide bonds. The highest BCUT2D eigenvalue weighted by atomic mass is 16.5. The molecule has 1 fully saturated rings. The lowest BCUT2D eigenvalue weighted by molar-refractivity contribution is -0.0690. The summed E-state index contributed by atoms with van der Waals surface area (Å²) in [6, 6.07) is 8.61. The second-order valence-corrected chi connectivity index (χ2v) is 4.56. The largest absolute Gasteiger partial charge is 0.383 e. The molecule has 1 aromatic carbocycles. The van der Waals surface area contributed by atoms with Gasteiger partial charge in [-0.1, -0.05) is 17.7 Å². The SMILES string of the molecule is Cc1ccc(NCC2(C#N)COC2)c(C)c1. The Morgan fingerprint density at radius 2 is 2.19 bits per heavy atom. The van der Waals surface area contributed by atoms with Crippen LogP contribution in [0.1, 0.15) is 11.1 Å². The zero-order valence-electron chi connectivity index (χ0n) is 9.71. The van der Waals surface area contributed by atoms with Gasteiger partial charge in [-0.3, -0.25) is 0 Å². The molecule has 1 N–H and O–H groups in total. The van der Waals surface area contributed by atoms with Gasteiger partial charge in [-0.2, -0.15) is 5.26 Å². The van der Waals surface area contributed by atoms with Crippen molar-refractivity contribution in [3.05, 3.63) is 29.3 Å². The van der Waals surface area contributed by atoms with Gasteiger partial charge in [-0.15, -0.1) is 0 Å². The third kappa shape index (κ3) is 2.02. The molecule has 16 heavy (non-hydrogen) atoms. The van der Waals surface area contributed by atoms with E-state index in [-0.39, 0.29) is 5.41 Å². The normalized spacial score (nSPS) is 17.3. The first-order valence-corrected chi connectivity index (χ1v) is 5.45. The molecular formula is C13H16N2O. The first-order chi connectivity index (χ1) is 7.65. The fourth-order valence-corrected chi connectivity index (χ4v) is 1.83. The molecule has 0 saturated carbocycles. The number of benzene rings is 1. The standard InChI is InChI=1S/C13H16N2O/c1-10-3-4-12(11(2)5-10)15-7-13(6-14)8-16-9-13/h3-5,15H,7-9H2,1-2H3. The molecule has 1 aliphatic rings. The molecular weight excluding hydrogens is 200 g/mol. The second kappa shape index (κ2) is 4.15. The Morgan fingerprint density at radius 3 is 2.69 bits per heavy atom. The third-order valence-electron chi connectivity index (χ3n) is 2.99. The molecule has 1 aliphatic heterocycles. The van der Waals surface area contributed by atoms with Crippen molar-refractivity contribution in [2.75, 3.05) is 25.1 Å². The summed E-state index contributed by atoms with van der Waals surface area (Å²) in [5, 5.41) is 12.4. The molecule has 2 rings (SSSR count). The number of nitrogens with one attached hydrogen (secondary N) is 1. The highest BCUT2D eigenvalue weighted by molar-refractivity contribution is 5.52. The summed E-state index contributed by atoms with van der Waals surface area (Å²) in [7, 11) is 0. The van der Waals surface area contributed by atoms with Crippen LogP contribution in [-0.4, -0.2) is 19.8 Å². The molecule has 0 unspecified atom stereocenters. The highest BCUT2D eigenvalue weighted by Crippen LogP contribution is 2.27. The van der Waals surface area contributed by atoms with Gasteiger partial charge in [0, 0.05) is 12.2 Å². The lowest BCUT2D eigenvalue weighted by Crippen LogP contribution is -2.46. The molecule has 0 spiro atoms. The van der Waals surface area contributed by atoms with Crippen LogP contribution in [0.2, 0.25) is 0 Å². The second-order valence-electron chi connectivity index (χ2n) is 4.56. The van der Waals surface area contributed by atoms with Crippen molar-refractivity contribution in [1.29, 1.82) is 5.26 Å². The number of rotatable bonds is 3. The lowest BCUT2D eigenvalue weighted by Gasteiger charge is -2.35. The highest BCUT2D eigenvalue weighted by Gasteiger charge is 2.38. The molecule has 0 aliphatic carbocycles. The minimum absolute atomic E-state index is 0.322. The molecule has 0 aromatic heterocycles. The maximum absolute atomic E-state index is 9.06. The van der Waals surface area contributed by atoms with Crippen molar-refractivity contribution in [2.24, 2.45) is 5.41 Å². The van der Waals surface area contributed by atoms with E-state index in [1.807, 2.05) is 0 Å². The van der Waals surface area contributed by atoms with Crippen molar-refractivity contribution in [1.82, 2.24) is 0 Å². The van der Waals surface area contributed by atoms with E-state index < -0.39 is 0 Å². The molecule has 1 aromatic rings. The molecule has 1 saturated heterocycles. The van der Waals surface area contributed by atoms with Crippen molar-refractivity contribution in [2.45, 2.75) is 13.8 Å². The van der Waals surface area contributed by atoms with Gasteiger partial charge in [0.15, 0.2) is 0 Å². The zero-order chi connectivity index (χ0) is 11.6. The lowest BCUT2D eigenvalue weighted by atomic mass is 9.88. The number of nitrogens with zero attached hydrogens (tertiary/aromatic N) is 1. The van der Waals surface area contributed by atoms with Gasteiger partial charge in [-0.25, -0.2) is 0 Å². The predicted octanol–water partition coefficient (Wildman–Crippen LogP) is 2.26.